The van der Waals surface area contributed by atoms with Crippen molar-refractivity contribution in [1.82, 2.24) is 9.13 Å². The molecule has 1 aliphatic rings. The number of aromatic nitrogens is 2. The SMILES string of the molecule is CC1=C(C(=O)Nc2ccccc2)C(c2ccc(C)cc2)n2c(s/c(=C/c3cc(C)n(-c4ccc(F)cc4)c3C)c2=O)=N1. The molecule has 3 heterocycles. The first-order valence-corrected chi connectivity index (χ1v) is 14.4. The summed E-state index contributed by atoms with van der Waals surface area (Å²) in [7, 11) is 0. The third-order valence-electron chi connectivity index (χ3n) is 7.53. The van der Waals surface area contributed by atoms with Crippen LogP contribution in [0.1, 0.15) is 41.0 Å². The Balaban J connectivity index is 1.49. The van der Waals surface area contributed by atoms with Crippen molar-refractivity contribution in [2.45, 2.75) is 33.7 Å². The normalized spacial score (nSPS) is 15.0. The van der Waals surface area contributed by atoms with Gasteiger partial charge in [0.25, 0.3) is 11.5 Å². The Hall–Kier alpha value is -4.82. The van der Waals surface area contributed by atoms with Gasteiger partial charge in [-0.3, -0.25) is 14.2 Å². The minimum absolute atomic E-state index is 0.214. The van der Waals surface area contributed by atoms with E-state index in [0.717, 1.165) is 33.8 Å². The summed E-state index contributed by atoms with van der Waals surface area (Å²) in [4.78, 5) is 33.1. The quantitative estimate of drug-likeness (QED) is 0.291. The number of rotatable bonds is 5. The molecule has 0 bridgehead atoms. The number of nitrogens with zero attached hydrogens (tertiary/aromatic N) is 3. The van der Waals surface area contributed by atoms with E-state index in [4.69, 9.17) is 4.99 Å². The summed E-state index contributed by atoms with van der Waals surface area (Å²) < 4.78 is 17.7. The van der Waals surface area contributed by atoms with Gasteiger partial charge in [-0.2, -0.15) is 0 Å². The Morgan fingerprint density at radius 1 is 0.952 bits per heavy atom. The Morgan fingerprint density at radius 2 is 1.64 bits per heavy atom. The number of fused-ring (bicyclic) bond motifs is 1. The first-order chi connectivity index (χ1) is 20.2. The number of benzene rings is 3. The minimum atomic E-state index is -0.639. The van der Waals surface area contributed by atoms with Gasteiger partial charge in [-0.15, -0.1) is 0 Å². The molecule has 1 aliphatic heterocycles. The number of allylic oxidation sites excluding steroid dienone is 1. The van der Waals surface area contributed by atoms with Gasteiger partial charge in [0.15, 0.2) is 4.80 Å². The van der Waals surface area contributed by atoms with Crippen LogP contribution >= 0.6 is 11.3 Å². The van der Waals surface area contributed by atoms with Crippen LogP contribution in [-0.4, -0.2) is 15.0 Å². The molecule has 0 saturated carbocycles. The maximum Gasteiger partial charge on any atom is 0.271 e. The zero-order valence-corrected chi connectivity index (χ0v) is 24.5. The molecular weight excluding hydrogens is 547 g/mol. The van der Waals surface area contributed by atoms with Gasteiger partial charge in [-0.05, 0) is 87.4 Å². The Kier molecular flexibility index (Phi) is 7.08. The van der Waals surface area contributed by atoms with Crippen LogP contribution in [0.2, 0.25) is 0 Å². The minimum Gasteiger partial charge on any atom is -0.322 e. The molecule has 8 heteroatoms. The van der Waals surface area contributed by atoms with Crippen molar-refractivity contribution >= 4 is 29.0 Å². The smallest absolute Gasteiger partial charge is 0.271 e. The fourth-order valence-electron chi connectivity index (χ4n) is 5.46. The van der Waals surface area contributed by atoms with E-state index in [9.17, 15) is 14.0 Å². The van der Waals surface area contributed by atoms with Crippen molar-refractivity contribution < 1.29 is 9.18 Å². The van der Waals surface area contributed by atoms with Crippen LogP contribution in [0.4, 0.5) is 10.1 Å². The molecule has 6 rings (SSSR count). The van der Waals surface area contributed by atoms with Gasteiger partial charge >= 0.3 is 0 Å². The maximum absolute atomic E-state index is 14.1. The summed E-state index contributed by atoms with van der Waals surface area (Å²) in [5.74, 6) is -0.595. The van der Waals surface area contributed by atoms with E-state index in [2.05, 4.69) is 5.32 Å². The number of hydrogen-bond acceptors (Lipinski definition) is 4. The first-order valence-electron chi connectivity index (χ1n) is 13.6. The first kappa shape index (κ1) is 27.4. The number of carbonyl (C=O) groups is 1. The highest BCUT2D eigenvalue weighted by atomic mass is 32.1. The molecule has 2 aromatic heterocycles. The van der Waals surface area contributed by atoms with Crippen molar-refractivity contribution in [1.29, 1.82) is 0 Å². The predicted octanol–water partition coefficient (Wildman–Crippen LogP) is 5.73. The van der Waals surface area contributed by atoms with Crippen molar-refractivity contribution in [2.75, 3.05) is 5.32 Å². The monoisotopic (exact) mass is 576 g/mol. The highest BCUT2D eigenvalue weighted by Crippen LogP contribution is 2.31. The lowest BCUT2D eigenvalue weighted by Crippen LogP contribution is -2.40. The molecule has 3 aromatic carbocycles. The van der Waals surface area contributed by atoms with Gasteiger partial charge in [0.1, 0.15) is 5.82 Å². The summed E-state index contributed by atoms with van der Waals surface area (Å²) in [6, 6.07) is 24.9. The molecule has 0 radical (unpaired) electrons. The number of nitrogens with one attached hydrogen (secondary N) is 1. The summed E-state index contributed by atoms with van der Waals surface area (Å²) in [5, 5.41) is 2.98. The number of thiazole rings is 1. The average Bonchev–Trinajstić information content (AvgIpc) is 3.43. The second kappa shape index (κ2) is 10.9. The maximum atomic E-state index is 14.1. The fourth-order valence-corrected chi connectivity index (χ4v) is 6.50. The van der Waals surface area contributed by atoms with Crippen LogP contribution in [0.5, 0.6) is 0 Å². The van der Waals surface area contributed by atoms with Crippen molar-refractivity contribution in [2.24, 2.45) is 4.99 Å². The van der Waals surface area contributed by atoms with Gasteiger partial charge in [-0.1, -0.05) is 59.4 Å². The highest BCUT2D eigenvalue weighted by molar-refractivity contribution is 7.07. The molecule has 210 valence electrons. The Labute approximate surface area is 246 Å². The van der Waals surface area contributed by atoms with Gasteiger partial charge in [0.05, 0.1) is 21.8 Å². The molecule has 0 fully saturated rings. The Bertz CT molecular complexity index is 2030. The summed E-state index contributed by atoms with van der Waals surface area (Å²) in [6.45, 7) is 7.77. The Morgan fingerprint density at radius 3 is 2.33 bits per heavy atom. The second-order valence-corrected chi connectivity index (χ2v) is 11.5. The summed E-state index contributed by atoms with van der Waals surface area (Å²) in [5.41, 5.74) is 6.98. The molecule has 42 heavy (non-hydrogen) atoms. The fraction of sp³-hybridized carbons (Fsp3) is 0.147. The molecule has 1 unspecified atom stereocenters. The second-order valence-electron chi connectivity index (χ2n) is 10.5. The number of aryl methyl sites for hydroxylation is 2. The van der Waals surface area contributed by atoms with E-state index in [1.54, 1.807) is 16.7 Å². The molecule has 5 aromatic rings. The van der Waals surface area contributed by atoms with E-state index in [-0.39, 0.29) is 17.3 Å². The third-order valence-corrected chi connectivity index (χ3v) is 8.52. The molecule has 6 nitrogen and oxygen atoms in total. The van der Waals surface area contributed by atoms with E-state index >= 15 is 0 Å². The zero-order chi connectivity index (χ0) is 29.5. The van der Waals surface area contributed by atoms with Crippen LogP contribution in [-0.2, 0) is 4.79 Å². The van der Waals surface area contributed by atoms with Gasteiger partial charge in [0.2, 0.25) is 0 Å². The highest BCUT2D eigenvalue weighted by Gasteiger charge is 2.32. The van der Waals surface area contributed by atoms with Crippen LogP contribution < -0.4 is 20.2 Å². The lowest BCUT2D eigenvalue weighted by Gasteiger charge is -2.25. The molecule has 0 aliphatic carbocycles. The molecule has 1 atom stereocenters. The van der Waals surface area contributed by atoms with Crippen molar-refractivity contribution in [3.63, 3.8) is 0 Å². The van der Waals surface area contributed by atoms with E-state index in [1.165, 1.54) is 23.5 Å². The third kappa shape index (κ3) is 4.94. The molecule has 0 saturated heterocycles. The van der Waals surface area contributed by atoms with Crippen molar-refractivity contribution in [3.05, 3.63) is 150 Å². The van der Waals surface area contributed by atoms with E-state index in [0.29, 0.717) is 26.3 Å². The standard InChI is InChI=1S/C34H29FN4O2S/c1-20-10-12-24(13-11-20)31-30(32(40)37-27-8-6-5-7-9-27)22(3)36-34-39(31)33(41)29(42-34)19-25-18-21(2)38(23(25)4)28-16-14-26(35)15-17-28/h5-19,31H,1-4H3,(H,37,40)/b29-19+. The number of anilines is 1. The van der Waals surface area contributed by atoms with Gasteiger partial charge in [0, 0.05) is 22.8 Å². The zero-order valence-electron chi connectivity index (χ0n) is 23.7. The largest absolute Gasteiger partial charge is 0.322 e. The number of para-hydroxylation sites is 1. The van der Waals surface area contributed by atoms with Crippen LogP contribution in [0.15, 0.2) is 106 Å². The molecule has 1 amide bonds. The summed E-state index contributed by atoms with van der Waals surface area (Å²) in [6.07, 6.45) is 1.88. The topological polar surface area (TPSA) is 68.4 Å². The van der Waals surface area contributed by atoms with E-state index < -0.39 is 6.04 Å². The van der Waals surface area contributed by atoms with Gasteiger partial charge < -0.3 is 9.88 Å². The predicted molar refractivity (Wildman–Crippen MR) is 165 cm³/mol. The van der Waals surface area contributed by atoms with Gasteiger partial charge in [-0.25, -0.2) is 9.38 Å². The lowest BCUT2D eigenvalue weighted by atomic mass is 9.94. The van der Waals surface area contributed by atoms with Crippen molar-refractivity contribution in [3.8, 4) is 5.69 Å². The van der Waals surface area contributed by atoms with Crippen LogP contribution in [0.3, 0.4) is 0 Å². The number of amides is 1. The van der Waals surface area contributed by atoms with E-state index in [1.807, 2.05) is 99.0 Å². The lowest BCUT2D eigenvalue weighted by molar-refractivity contribution is -0.113. The summed E-state index contributed by atoms with van der Waals surface area (Å²) >= 11 is 1.30. The van der Waals surface area contributed by atoms with Crippen LogP contribution in [0, 0.1) is 26.6 Å². The number of hydrogen-bond donors (Lipinski definition) is 1. The molecule has 0 spiro atoms. The number of halogens is 1. The average molecular weight is 577 g/mol. The molecular formula is C34H29FN4O2S. The molecule has 1 N–H and O–H groups in total. The number of carbonyl (C=O) groups excluding carboxylic acids is 1. The van der Waals surface area contributed by atoms with Crippen LogP contribution in [0.25, 0.3) is 11.8 Å².